The lowest BCUT2D eigenvalue weighted by Gasteiger charge is -2.36. The summed E-state index contributed by atoms with van der Waals surface area (Å²) in [5, 5.41) is 12.2. The van der Waals surface area contributed by atoms with Gasteiger partial charge in [-0.3, -0.25) is 10.1 Å². The number of benzene rings is 1. The third kappa shape index (κ3) is 4.40. The van der Waals surface area contributed by atoms with Crippen molar-refractivity contribution in [1.82, 2.24) is 4.98 Å². The fraction of sp³-hybridized carbons (Fsp3) is 0.263. The zero-order valence-electron chi connectivity index (χ0n) is 15.2. The fourth-order valence-electron chi connectivity index (χ4n) is 3.06. The summed E-state index contributed by atoms with van der Waals surface area (Å²) >= 11 is 6.21. The molecule has 0 N–H and O–H groups in total. The van der Waals surface area contributed by atoms with Gasteiger partial charge in [-0.15, -0.1) is 0 Å². The quantitative estimate of drug-likeness (QED) is 0.328. The topological polar surface area (TPSA) is 88.8 Å². The average molecular weight is 403 g/mol. The normalized spacial score (nSPS) is 14.4. The van der Waals surface area contributed by atoms with Crippen molar-refractivity contribution >= 4 is 40.8 Å². The number of anilines is 2. The van der Waals surface area contributed by atoms with Gasteiger partial charge in [0.2, 0.25) is 0 Å². The third-order valence-electron chi connectivity index (χ3n) is 4.47. The number of ether oxygens (including phenoxy) is 1. The minimum atomic E-state index is -0.518. The molecule has 9 heteroatoms. The van der Waals surface area contributed by atoms with E-state index in [9.17, 15) is 14.9 Å². The van der Waals surface area contributed by atoms with Crippen LogP contribution in [0.3, 0.4) is 0 Å². The average Bonchev–Trinajstić information content (AvgIpc) is 2.72. The molecule has 0 aliphatic carbocycles. The van der Waals surface area contributed by atoms with E-state index in [1.165, 1.54) is 25.3 Å². The molecular weight excluding hydrogens is 384 g/mol. The van der Waals surface area contributed by atoms with Crippen molar-refractivity contribution in [2.24, 2.45) is 0 Å². The fourth-order valence-corrected chi connectivity index (χ4v) is 3.30. The molecule has 2 heterocycles. The number of rotatable bonds is 5. The molecule has 1 aromatic carbocycles. The van der Waals surface area contributed by atoms with Gasteiger partial charge in [0.15, 0.2) is 0 Å². The van der Waals surface area contributed by atoms with Crippen LogP contribution in [0.15, 0.2) is 42.6 Å². The Kier molecular flexibility index (Phi) is 6.10. The standard InChI is InChI=1S/C19H19ClN4O4/c1-28-18(25)7-5-14-4-6-16(17(13-14)24(26)27)22-9-11-23(12-10-22)19-15(20)3-2-8-21-19/h2-8,13H,9-12H2,1H3/b7-5+. The molecular formula is C19H19ClN4O4. The summed E-state index contributed by atoms with van der Waals surface area (Å²) in [6, 6.07) is 8.47. The Balaban J connectivity index is 1.77. The Morgan fingerprint density at radius 1 is 1.25 bits per heavy atom. The molecule has 0 atom stereocenters. The number of pyridine rings is 1. The zero-order valence-corrected chi connectivity index (χ0v) is 16.0. The van der Waals surface area contributed by atoms with E-state index in [1.54, 1.807) is 30.5 Å². The van der Waals surface area contributed by atoms with E-state index in [0.717, 1.165) is 5.82 Å². The SMILES string of the molecule is COC(=O)/C=C/c1ccc(N2CCN(c3ncccc3Cl)CC2)c([N+](=O)[O-])c1. The van der Waals surface area contributed by atoms with Gasteiger partial charge in [0.05, 0.1) is 17.1 Å². The van der Waals surface area contributed by atoms with Crippen molar-refractivity contribution < 1.29 is 14.5 Å². The number of carbonyl (C=O) groups is 1. The number of esters is 1. The summed E-state index contributed by atoms with van der Waals surface area (Å²) in [6.07, 6.45) is 4.41. The van der Waals surface area contributed by atoms with E-state index >= 15 is 0 Å². The van der Waals surface area contributed by atoms with Gasteiger partial charge >= 0.3 is 5.97 Å². The molecule has 0 radical (unpaired) electrons. The van der Waals surface area contributed by atoms with E-state index in [1.807, 2.05) is 4.90 Å². The molecule has 2 aromatic rings. The molecule has 1 aliphatic heterocycles. The van der Waals surface area contributed by atoms with Crippen LogP contribution in [-0.4, -0.2) is 49.2 Å². The largest absolute Gasteiger partial charge is 0.466 e. The van der Waals surface area contributed by atoms with Crippen LogP contribution in [-0.2, 0) is 9.53 Å². The minimum absolute atomic E-state index is 0.00339. The van der Waals surface area contributed by atoms with E-state index in [2.05, 4.69) is 14.6 Å². The van der Waals surface area contributed by atoms with E-state index < -0.39 is 10.9 Å². The molecule has 0 unspecified atom stereocenters. The lowest BCUT2D eigenvalue weighted by Crippen LogP contribution is -2.47. The predicted molar refractivity (Wildman–Crippen MR) is 108 cm³/mol. The number of methoxy groups -OCH3 is 1. The number of nitro benzene ring substituents is 1. The van der Waals surface area contributed by atoms with Crippen LogP contribution in [0.25, 0.3) is 6.08 Å². The van der Waals surface area contributed by atoms with Crippen LogP contribution in [0.2, 0.25) is 5.02 Å². The smallest absolute Gasteiger partial charge is 0.330 e. The van der Waals surface area contributed by atoms with Crippen molar-refractivity contribution in [3.63, 3.8) is 0 Å². The molecule has 0 spiro atoms. The van der Waals surface area contributed by atoms with Gasteiger partial charge in [0.1, 0.15) is 11.5 Å². The molecule has 1 aliphatic rings. The minimum Gasteiger partial charge on any atom is -0.466 e. The lowest BCUT2D eigenvalue weighted by molar-refractivity contribution is -0.384. The summed E-state index contributed by atoms with van der Waals surface area (Å²) in [5.74, 6) is 0.206. The highest BCUT2D eigenvalue weighted by atomic mass is 35.5. The van der Waals surface area contributed by atoms with Crippen LogP contribution in [0.4, 0.5) is 17.2 Å². The van der Waals surface area contributed by atoms with Crippen molar-refractivity contribution in [2.45, 2.75) is 0 Å². The Hall–Kier alpha value is -3.13. The van der Waals surface area contributed by atoms with Gasteiger partial charge in [-0.2, -0.15) is 0 Å². The summed E-state index contributed by atoms with van der Waals surface area (Å²) in [4.78, 5) is 30.7. The molecule has 3 rings (SSSR count). The Morgan fingerprint density at radius 2 is 1.96 bits per heavy atom. The maximum Gasteiger partial charge on any atom is 0.330 e. The highest BCUT2D eigenvalue weighted by Gasteiger charge is 2.25. The number of halogens is 1. The summed E-state index contributed by atoms with van der Waals surface area (Å²) < 4.78 is 4.54. The molecule has 1 aromatic heterocycles. The van der Waals surface area contributed by atoms with Crippen molar-refractivity contribution in [2.75, 3.05) is 43.1 Å². The Morgan fingerprint density at radius 3 is 2.61 bits per heavy atom. The van der Waals surface area contributed by atoms with E-state index in [-0.39, 0.29) is 5.69 Å². The number of hydrogen-bond donors (Lipinski definition) is 0. The number of hydrogen-bond acceptors (Lipinski definition) is 7. The predicted octanol–water partition coefficient (Wildman–Crippen LogP) is 3.16. The van der Waals surface area contributed by atoms with Crippen molar-refractivity contribution in [1.29, 1.82) is 0 Å². The molecule has 146 valence electrons. The highest BCUT2D eigenvalue weighted by molar-refractivity contribution is 6.32. The first-order valence-corrected chi connectivity index (χ1v) is 9.02. The van der Waals surface area contributed by atoms with Gasteiger partial charge < -0.3 is 14.5 Å². The molecule has 1 saturated heterocycles. The maximum absolute atomic E-state index is 11.6. The molecule has 28 heavy (non-hydrogen) atoms. The number of piperazine rings is 1. The van der Waals surface area contributed by atoms with Crippen LogP contribution in [0.5, 0.6) is 0 Å². The zero-order chi connectivity index (χ0) is 20.1. The van der Waals surface area contributed by atoms with Crippen LogP contribution < -0.4 is 9.80 Å². The second kappa shape index (κ2) is 8.71. The number of nitro groups is 1. The molecule has 8 nitrogen and oxygen atoms in total. The number of nitrogens with zero attached hydrogens (tertiary/aromatic N) is 4. The van der Waals surface area contributed by atoms with Gasteiger partial charge in [-0.1, -0.05) is 17.7 Å². The second-order valence-electron chi connectivity index (χ2n) is 6.14. The Labute approximate surface area is 167 Å². The first-order valence-electron chi connectivity index (χ1n) is 8.64. The van der Waals surface area contributed by atoms with Crippen LogP contribution >= 0.6 is 11.6 Å². The molecule has 0 bridgehead atoms. The van der Waals surface area contributed by atoms with Crippen LogP contribution in [0, 0.1) is 10.1 Å². The number of aromatic nitrogens is 1. The second-order valence-corrected chi connectivity index (χ2v) is 6.55. The molecule has 0 saturated carbocycles. The number of carbonyl (C=O) groups excluding carboxylic acids is 1. The lowest BCUT2D eigenvalue weighted by atomic mass is 10.1. The molecule has 0 amide bonds. The monoisotopic (exact) mass is 402 g/mol. The van der Waals surface area contributed by atoms with E-state index in [0.29, 0.717) is 42.5 Å². The summed E-state index contributed by atoms with van der Waals surface area (Å²) in [7, 11) is 1.27. The van der Waals surface area contributed by atoms with E-state index in [4.69, 9.17) is 11.6 Å². The summed E-state index contributed by atoms with van der Waals surface area (Å²) in [5.41, 5.74) is 1.10. The molecule has 1 fully saturated rings. The summed E-state index contributed by atoms with van der Waals surface area (Å²) in [6.45, 7) is 2.51. The van der Waals surface area contributed by atoms with Gasteiger partial charge in [0, 0.05) is 44.5 Å². The van der Waals surface area contributed by atoms with Crippen molar-refractivity contribution in [3.05, 3.63) is 63.3 Å². The van der Waals surface area contributed by atoms with Gasteiger partial charge in [-0.05, 0) is 29.8 Å². The maximum atomic E-state index is 11.6. The van der Waals surface area contributed by atoms with Crippen LogP contribution in [0.1, 0.15) is 5.56 Å². The first kappa shape index (κ1) is 19.6. The van der Waals surface area contributed by atoms with Crippen molar-refractivity contribution in [3.8, 4) is 0 Å². The third-order valence-corrected chi connectivity index (χ3v) is 4.76. The first-order chi connectivity index (χ1) is 13.5. The van der Waals surface area contributed by atoms with Gasteiger partial charge in [-0.25, -0.2) is 9.78 Å². The van der Waals surface area contributed by atoms with Gasteiger partial charge in [0.25, 0.3) is 5.69 Å². The Bertz CT molecular complexity index is 911. The highest BCUT2D eigenvalue weighted by Crippen LogP contribution is 2.31.